The highest BCUT2D eigenvalue weighted by atomic mass is 16.5. The van der Waals surface area contributed by atoms with Crippen LogP contribution in [0.25, 0.3) is 0 Å². The zero-order chi connectivity index (χ0) is 15.2. The van der Waals surface area contributed by atoms with Crippen LogP contribution in [0.3, 0.4) is 0 Å². The molecule has 1 aromatic rings. The number of carbonyl (C=O) groups is 1. The molecule has 4 nitrogen and oxygen atoms in total. The molecule has 1 saturated carbocycles. The van der Waals surface area contributed by atoms with Crippen molar-refractivity contribution in [2.75, 3.05) is 13.2 Å². The second kappa shape index (κ2) is 7.46. The number of hydrogen-bond donors (Lipinski definition) is 1. The highest BCUT2D eigenvalue weighted by Gasteiger charge is 2.29. The summed E-state index contributed by atoms with van der Waals surface area (Å²) in [4.78, 5) is 14.6. The van der Waals surface area contributed by atoms with E-state index in [1.54, 1.807) is 0 Å². The molecule has 0 heterocycles. The fourth-order valence-corrected chi connectivity index (χ4v) is 2.53. The molecule has 1 aliphatic carbocycles. The molecule has 1 aliphatic rings. The Morgan fingerprint density at radius 2 is 2.19 bits per heavy atom. The fraction of sp³-hybridized carbons (Fsp3) is 0.588. The first-order valence-corrected chi connectivity index (χ1v) is 7.80. The number of amides is 1. The Hall–Kier alpha value is -1.55. The minimum absolute atomic E-state index is 0.0438. The number of aliphatic hydroxyl groups is 1. The van der Waals surface area contributed by atoms with E-state index in [0.29, 0.717) is 24.6 Å². The molecule has 0 atom stereocenters. The lowest BCUT2D eigenvalue weighted by molar-refractivity contribution is 0.0562. The van der Waals surface area contributed by atoms with Gasteiger partial charge in [-0.25, -0.2) is 0 Å². The zero-order valence-corrected chi connectivity index (χ0v) is 12.9. The third kappa shape index (κ3) is 4.21. The van der Waals surface area contributed by atoms with Gasteiger partial charge in [-0.3, -0.25) is 4.79 Å². The van der Waals surface area contributed by atoms with Crippen LogP contribution in [0.4, 0.5) is 0 Å². The minimum Gasteiger partial charge on any atom is -0.491 e. The molecule has 0 aromatic heterocycles. The van der Waals surface area contributed by atoms with Gasteiger partial charge in [-0.1, -0.05) is 6.07 Å². The van der Waals surface area contributed by atoms with E-state index in [1.807, 2.05) is 43.0 Å². The summed E-state index contributed by atoms with van der Waals surface area (Å²) in [6.07, 6.45) is 4.04. The summed E-state index contributed by atoms with van der Waals surface area (Å²) < 4.78 is 5.66. The second-order valence-electron chi connectivity index (χ2n) is 5.85. The van der Waals surface area contributed by atoms with Gasteiger partial charge in [0.2, 0.25) is 0 Å². The van der Waals surface area contributed by atoms with Crippen LogP contribution in [0.5, 0.6) is 5.75 Å². The third-order valence-corrected chi connectivity index (χ3v) is 3.79. The minimum atomic E-state index is 0.0438. The van der Waals surface area contributed by atoms with Gasteiger partial charge < -0.3 is 14.7 Å². The van der Waals surface area contributed by atoms with Gasteiger partial charge in [-0.05, 0) is 57.7 Å². The van der Waals surface area contributed by atoms with Crippen LogP contribution in [-0.2, 0) is 0 Å². The maximum atomic E-state index is 12.7. The number of benzene rings is 1. The summed E-state index contributed by atoms with van der Waals surface area (Å²) in [6, 6.07) is 7.71. The smallest absolute Gasteiger partial charge is 0.254 e. The SMILES string of the molecule is CC(C)Oc1cccc(C(=O)N(CCCO)C2CCC2)c1. The molecule has 0 spiro atoms. The molecule has 0 radical (unpaired) electrons. The van der Waals surface area contributed by atoms with E-state index in [2.05, 4.69) is 0 Å². The molecule has 116 valence electrons. The molecule has 1 aromatic carbocycles. The predicted octanol–water partition coefficient (Wildman–Crippen LogP) is 2.85. The van der Waals surface area contributed by atoms with Crippen LogP contribution >= 0.6 is 0 Å². The zero-order valence-electron chi connectivity index (χ0n) is 12.9. The van der Waals surface area contributed by atoms with Gasteiger partial charge in [0.1, 0.15) is 5.75 Å². The Morgan fingerprint density at radius 1 is 1.43 bits per heavy atom. The van der Waals surface area contributed by atoms with Crippen molar-refractivity contribution in [3.8, 4) is 5.75 Å². The lowest BCUT2D eigenvalue weighted by Gasteiger charge is -2.37. The van der Waals surface area contributed by atoms with Crippen LogP contribution in [0.15, 0.2) is 24.3 Å². The Labute approximate surface area is 126 Å². The average Bonchev–Trinajstić information content (AvgIpc) is 2.40. The van der Waals surface area contributed by atoms with E-state index >= 15 is 0 Å². The van der Waals surface area contributed by atoms with Gasteiger partial charge in [0.15, 0.2) is 0 Å². The van der Waals surface area contributed by atoms with Gasteiger partial charge in [0, 0.05) is 24.8 Å². The van der Waals surface area contributed by atoms with Crippen LogP contribution in [0.1, 0.15) is 49.9 Å². The van der Waals surface area contributed by atoms with Gasteiger partial charge in [0.05, 0.1) is 6.10 Å². The van der Waals surface area contributed by atoms with E-state index in [4.69, 9.17) is 9.84 Å². The molecular weight excluding hydrogens is 266 g/mol. The molecule has 0 unspecified atom stereocenters. The Bertz CT molecular complexity index is 469. The average molecular weight is 291 g/mol. The highest BCUT2D eigenvalue weighted by Crippen LogP contribution is 2.27. The van der Waals surface area contributed by atoms with Gasteiger partial charge in [-0.2, -0.15) is 0 Å². The van der Waals surface area contributed by atoms with E-state index < -0.39 is 0 Å². The number of nitrogens with zero attached hydrogens (tertiary/aromatic N) is 1. The van der Waals surface area contributed by atoms with Gasteiger partial charge in [0.25, 0.3) is 5.91 Å². The fourth-order valence-electron chi connectivity index (χ4n) is 2.53. The molecule has 1 fully saturated rings. The van der Waals surface area contributed by atoms with E-state index in [9.17, 15) is 4.79 Å². The Balaban J connectivity index is 2.11. The van der Waals surface area contributed by atoms with Crippen LogP contribution in [0.2, 0.25) is 0 Å². The topological polar surface area (TPSA) is 49.8 Å². The molecular formula is C17H25NO3. The number of aliphatic hydroxyl groups excluding tert-OH is 1. The summed E-state index contributed by atoms with van der Waals surface area (Å²) in [5.41, 5.74) is 0.665. The highest BCUT2D eigenvalue weighted by molar-refractivity contribution is 5.94. The number of carbonyl (C=O) groups excluding carboxylic acids is 1. The normalized spacial score (nSPS) is 14.9. The summed E-state index contributed by atoms with van der Waals surface area (Å²) >= 11 is 0. The standard InChI is InChI=1S/C17H25NO3/c1-13(2)21-16-9-3-6-14(12-16)17(20)18(10-5-11-19)15-7-4-8-15/h3,6,9,12-13,15,19H,4-5,7-8,10-11H2,1-2H3. The van der Waals surface area contributed by atoms with Gasteiger partial charge >= 0.3 is 0 Å². The first kappa shape index (κ1) is 15.8. The quantitative estimate of drug-likeness (QED) is 0.840. The predicted molar refractivity (Wildman–Crippen MR) is 82.6 cm³/mol. The first-order valence-electron chi connectivity index (χ1n) is 7.80. The summed E-state index contributed by atoms with van der Waals surface area (Å²) in [7, 11) is 0. The molecule has 0 aliphatic heterocycles. The van der Waals surface area contributed by atoms with Crippen LogP contribution < -0.4 is 4.74 Å². The largest absolute Gasteiger partial charge is 0.491 e. The van der Waals surface area contributed by atoms with Crippen molar-refractivity contribution >= 4 is 5.91 Å². The summed E-state index contributed by atoms with van der Waals surface area (Å²) in [6.45, 7) is 4.68. The molecule has 1 N–H and O–H groups in total. The van der Waals surface area contributed by atoms with Crippen LogP contribution in [-0.4, -0.2) is 41.2 Å². The maximum absolute atomic E-state index is 12.7. The first-order chi connectivity index (χ1) is 10.1. The van der Waals surface area contributed by atoms with E-state index in [-0.39, 0.29) is 18.6 Å². The third-order valence-electron chi connectivity index (χ3n) is 3.79. The number of rotatable bonds is 7. The van der Waals surface area contributed by atoms with Crippen molar-refractivity contribution in [1.82, 2.24) is 4.90 Å². The summed E-state index contributed by atoms with van der Waals surface area (Å²) in [5.74, 6) is 0.772. The van der Waals surface area contributed by atoms with Crippen molar-refractivity contribution in [1.29, 1.82) is 0 Å². The number of ether oxygens (including phenoxy) is 1. The molecule has 2 rings (SSSR count). The summed E-state index contributed by atoms with van der Waals surface area (Å²) in [5, 5.41) is 9.03. The molecule has 21 heavy (non-hydrogen) atoms. The van der Waals surface area contributed by atoms with Crippen molar-refractivity contribution in [3.05, 3.63) is 29.8 Å². The van der Waals surface area contributed by atoms with Crippen molar-refractivity contribution in [2.45, 2.75) is 51.7 Å². The van der Waals surface area contributed by atoms with E-state index in [0.717, 1.165) is 18.6 Å². The monoisotopic (exact) mass is 291 g/mol. The Morgan fingerprint density at radius 3 is 2.76 bits per heavy atom. The lowest BCUT2D eigenvalue weighted by Crippen LogP contribution is -2.45. The van der Waals surface area contributed by atoms with Crippen molar-refractivity contribution in [3.63, 3.8) is 0 Å². The molecule has 1 amide bonds. The Kier molecular flexibility index (Phi) is 5.62. The van der Waals surface area contributed by atoms with E-state index in [1.165, 1.54) is 6.42 Å². The molecule has 0 saturated heterocycles. The van der Waals surface area contributed by atoms with Crippen molar-refractivity contribution in [2.24, 2.45) is 0 Å². The number of hydrogen-bond acceptors (Lipinski definition) is 3. The molecule has 0 bridgehead atoms. The van der Waals surface area contributed by atoms with Gasteiger partial charge in [-0.15, -0.1) is 0 Å². The lowest BCUT2D eigenvalue weighted by atomic mass is 9.90. The molecule has 4 heteroatoms. The second-order valence-corrected chi connectivity index (χ2v) is 5.85. The maximum Gasteiger partial charge on any atom is 0.254 e. The van der Waals surface area contributed by atoms with Crippen molar-refractivity contribution < 1.29 is 14.6 Å². The van der Waals surface area contributed by atoms with Crippen LogP contribution in [0, 0.1) is 0 Å².